The quantitative estimate of drug-likeness (QED) is 0.791. The lowest BCUT2D eigenvalue weighted by atomic mass is 9.94. The molecule has 4 nitrogen and oxygen atoms in total. The number of rotatable bonds is 2. The molecule has 17 heavy (non-hydrogen) atoms. The Bertz CT molecular complexity index is 361. The van der Waals surface area contributed by atoms with Crippen LogP contribution in [0.2, 0.25) is 0 Å². The van der Waals surface area contributed by atoms with E-state index < -0.39 is 0 Å². The van der Waals surface area contributed by atoms with E-state index in [1.54, 1.807) is 0 Å². The minimum absolute atomic E-state index is 0.120. The number of nitrogens with one attached hydrogen (secondary N) is 1. The molecule has 92 valence electrons. The van der Waals surface area contributed by atoms with Crippen LogP contribution in [0.15, 0.2) is 0 Å². The highest BCUT2D eigenvalue weighted by Gasteiger charge is 2.63. The summed E-state index contributed by atoms with van der Waals surface area (Å²) in [5.41, 5.74) is 0.536. The highest BCUT2D eigenvalue weighted by atomic mass is 16.2. The first-order valence-corrected chi connectivity index (χ1v) is 6.66. The summed E-state index contributed by atoms with van der Waals surface area (Å²) in [6.45, 7) is 1.63. The third kappa shape index (κ3) is 2.11. The smallest absolute Gasteiger partial charge is 0.317 e. The minimum Gasteiger partial charge on any atom is -0.335 e. The number of nitrogens with zero attached hydrogens (tertiary/aromatic N) is 2. The average Bonchev–Trinajstić information content (AvgIpc) is 3.23. The lowest BCUT2D eigenvalue weighted by Gasteiger charge is -2.31. The van der Waals surface area contributed by atoms with Gasteiger partial charge >= 0.3 is 6.03 Å². The molecule has 2 aliphatic carbocycles. The van der Waals surface area contributed by atoms with Crippen molar-refractivity contribution in [3.63, 3.8) is 0 Å². The molecule has 1 saturated heterocycles. The molecule has 0 aromatic carbocycles. The number of carbonyl (C=O) groups is 1. The van der Waals surface area contributed by atoms with E-state index in [0.29, 0.717) is 23.8 Å². The fraction of sp³-hybridized carbons (Fsp3) is 0.846. The molecule has 0 radical (unpaired) electrons. The highest BCUT2D eigenvalue weighted by molar-refractivity contribution is 5.75. The molecule has 3 aliphatic rings. The molecule has 4 heteroatoms. The molecule has 3 rings (SSSR count). The number of urea groups is 1. The van der Waals surface area contributed by atoms with E-state index >= 15 is 0 Å². The molecule has 1 heterocycles. The molecule has 0 aromatic rings. The summed E-state index contributed by atoms with van der Waals surface area (Å²) in [6, 6.07) is 2.81. The van der Waals surface area contributed by atoms with Gasteiger partial charge in [0.2, 0.25) is 0 Å². The zero-order chi connectivity index (χ0) is 11.9. The zero-order valence-corrected chi connectivity index (χ0v) is 10.1. The summed E-state index contributed by atoms with van der Waals surface area (Å²) in [5, 5.41) is 11.8. The van der Waals surface area contributed by atoms with Gasteiger partial charge in [-0.3, -0.25) is 0 Å². The lowest BCUT2D eigenvalue weighted by Crippen LogP contribution is -2.45. The zero-order valence-electron chi connectivity index (χ0n) is 10.1. The van der Waals surface area contributed by atoms with Crippen molar-refractivity contribution in [1.29, 1.82) is 5.26 Å². The molecule has 1 N–H and O–H groups in total. The Morgan fingerprint density at radius 2 is 2.12 bits per heavy atom. The Balaban J connectivity index is 1.43. The Kier molecular flexibility index (Phi) is 2.50. The van der Waals surface area contributed by atoms with Crippen LogP contribution in [0.1, 0.15) is 38.5 Å². The number of nitriles is 1. The maximum Gasteiger partial charge on any atom is 0.317 e. The number of piperidine rings is 1. The van der Waals surface area contributed by atoms with Crippen molar-refractivity contribution in [2.24, 2.45) is 11.3 Å². The Hall–Kier alpha value is -1.24. The summed E-state index contributed by atoms with van der Waals surface area (Å²) < 4.78 is 0. The molecule has 1 unspecified atom stereocenters. The Morgan fingerprint density at radius 3 is 2.65 bits per heavy atom. The van der Waals surface area contributed by atoms with Crippen LogP contribution < -0.4 is 5.32 Å². The Morgan fingerprint density at radius 1 is 1.41 bits per heavy atom. The second kappa shape index (κ2) is 3.90. The monoisotopic (exact) mass is 233 g/mol. The fourth-order valence-corrected chi connectivity index (χ4v) is 2.97. The van der Waals surface area contributed by atoms with Gasteiger partial charge in [-0.25, -0.2) is 4.79 Å². The van der Waals surface area contributed by atoms with Crippen LogP contribution in [0, 0.1) is 22.7 Å². The topological polar surface area (TPSA) is 56.1 Å². The van der Waals surface area contributed by atoms with Gasteiger partial charge in [0.1, 0.15) is 0 Å². The second-order valence-electron chi connectivity index (χ2n) is 5.86. The fourth-order valence-electron chi connectivity index (χ4n) is 2.97. The van der Waals surface area contributed by atoms with Crippen molar-refractivity contribution in [2.45, 2.75) is 44.6 Å². The van der Waals surface area contributed by atoms with Crippen molar-refractivity contribution in [3.05, 3.63) is 0 Å². The van der Waals surface area contributed by atoms with E-state index in [2.05, 4.69) is 11.4 Å². The van der Waals surface area contributed by atoms with Crippen LogP contribution in [0.25, 0.3) is 0 Å². The summed E-state index contributed by atoms with van der Waals surface area (Å²) in [5.74, 6) is 0.500. The van der Waals surface area contributed by atoms with Gasteiger partial charge < -0.3 is 10.2 Å². The van der Waals surface area contributed by atoms with E-state index in [1.165, 1.54) is 19.3 Å². The van der Waals surface area contributed by atoms with E-state index in [9.17, 15) is 4.79 Å². The van der Waals surface area contributed by atoms with Gasteiger partial charge in [0, 0.05) is 25.6 Å². The summed E-state index contributed by atoms with van der Waals surface area (Å²) in [7, 11) is 0. The van der Waals surface area contributed by atoms with Gasteiger partial charge in [-0.1, -0.05) is 0 Å². The minimum atomic E-state index is 0.120. The standard InChI is InChI=1S/C13H19N3O/c14-6-1-10-2-7-16(8-3-10)12(17)15-11-9-13(11)4-5-13/h10-11H,1-5,7-9H2,(H,15,17). The van der Waals surface area contributed by atoms with E-state index in [-0.39, 0.29) is 6.03 Å². The highest BCUT2D eigenvalue weighted by Crippen LogP contribution is 2.65. The van der Waals surface area contributed by atoms with Crippen LogP contribution in [0.4, 0.5) is 4.79 Å². The number of carbonyl (C=O) groups excluding carboxylic acids is 1. The summed E-state index contributed by atoms with van der Waals surface area (Å²) >= 11 is 0. The van der Waals surface area contributed by atoms with Crippen molar-refractivity contribution >= 4 is 6.03 Å². The van der Waals surface area contributed by atoms with Crippen LogP contribution in [-0.2, 0) is 0 Å². The molecular weight excluding hydrogens is 214 g/mol. The van der Waals surface area contributed by atoms with Crippen molar-refractivity contribution < 1.29 is 4.79 Å². The normalized spacial score (nSPS) is 29.8. The van der Waals surface area contributed by atoms with E-state index in [0.717, 1.165) is 25.9 Å². The lowest BCUT2D eigenvalue weighted by molar-refractivity contribution is 0.170. The predicted octanol–water partition coefficient (Wildman–Crippen LogP) is 1.87. The molecule has 1 spiro atoms. The predicted molar refractivity (Wildman–Crippen MR) is 63.1 cm³/mol. The maximum absolute atomic E-state index is 12.0. The van der Waals surface area contributed by atoms with Gasteiger partial charge in [0.05, 0.1) is 6.07 Å². The number of amides is 2. The molecule has 1 aliphatic heterocycles. The first kappa shape index (κ1) is 10.9. The van der Waals surface area contributed by atoms with E-state index in [1.807, 2.05) is 4.90 Å². The maximum atomic E-state index is 12.0. The first-order valence-electron chi connectivity index (χ1n) is 6.66. The molecular formula is C13H19N3O. The molecule has 2 saturated carbocycles. The second-order valence-corrected chi connectivity index (χ2v) is 5.86. The van der Waals surface area contributed by atoms with Gasteiger partial charge in [0.25, 0.3) is 0 Å². The summed E-state index contributed by atoms with van der Waals surface area (Å²) in [6.07, 6.45) is 6.42. The van der Waals surface area contributed by atoms with Crippen LogP contribution in [0.3, 0.4) is 0 Å². The number of likely N-dealkylation sites (tertiary alicyclic amines) is 1. The third-order valence-electron chi connectivity index (χ3n) is 4.66. The first-order chi connectivity index (χ1) is 8.23. The van der Waals surface area contributed by atoms with Crippen molar-refractivity contribution in [3.8, 4) is 6.07 Å². The molecule has 1 atom stereocenters. The number of hydrogen-bond donors (Lipinski definition) is 1. The molecule has 0 bridgehead atoms. The molecule has 3 fully saturated rings. The van der Waals surface area contributed by atoms with Crippen molar-refractivity contribution in [1.82, 2.24) is 10.2 Å². The van der Waals surface area contributed by atoms with Gasteiger partial charge in [-0.05, 0) is 43.4 Å². The van der Waals surface area contributed by atoms with Gasteiger partial charge in [-0.15, -0.1) is 0 Å². The Labute approximate surface area is 102 Å². The van der Waals surface area contributed by atoms with Gasteiger partial charge in [-0.2, -0.15) is 5.26 Å². The van der Waals surface area contributed by atoms with Crippen LogP contribution in [0.5, 0.6) is 0 Å². The molecule has 2 amide bonds. The van der Waals surface area contributed by atoms with Crippen LogP contribution >= 0.6 is 0 Å². The SMILES string of the molecule is N#CCC1CCN(C(=O)NC2CC23CC3)CC1. The third-order valence-corrected chi connectivity index (χ3v) is 4.66. The molecule has 0 aromatic heterocycles. The average molecular weight is 233 g/mol. The largest absolute Gasteiger partial charge is 0.335 e. The van der Waals surface area contributed by atoms with Gasteiger partial charge in [0.15, 0.2) is 0 Å². The number of hydrogen-bond acceptors (Lipinski definition) is 2. The van der Waals surface area contributed by atoms with E-state index in [4.69, 9.17) is 5.26 Å². The van der Waals surface area contributed by atoms with Crippen LogP contribution in [-0.4, -0.2) is 30.1 Å². The summed E-state index contributed by atoms with van der Waals surface area (Å²) in [4.78, 5) is 13.9. The van der Waals surface area contributed by atoms with Crippen molar-refractivity contribution in [2.75, 3.05) is 13.1 Å².